The van der Waals surface area contributed by atoms with Gasteiger partial charge in [-0.05, 0) is 35.4 Å². The zero-order valence-corrected chi connectivity index (χ0v) is 16.8. The largest absolute Gasteiger partial charge is 0.272 e. The molecule has 154 valence electrons. The first-order valence-electron chi connectivity index (χ1n) is 9.12. The first-order chi connectivity index (χ1) is 14.4. The van der Waals surface area contributed by atoms with E-state index in [-0.39, 0.29) is 17.3 Å². The maximum Gasteiger partial charge on any atom is 0.255 e. The van der Waals surface area contributed by atoms with Gasteiger partial charge in [-0.25, -0.2) is 18.2 Å². The van der Waals surface area contributed by atoms with E-state index in [1.807, 2.05) is 6.07 Å². The molecule has 0 fully saturated rings. The lowest BCUT2D eigenvalue weighted by Gasteiger charge is -2.21. The molecular formula is C22H20FN3O3S. The smallest absolute Gasteiger partial charge is 0.255 e. The molecule has 3 aromatic rings. The second-order valence-corrected chi connectivity index (χ2v) is 8.35. The highest BCUT2D eigenvalue weighted by Gasteiger charge is 2.26. The van der Waals surface area contributed by atoms with Gasteiger partial charge in [-0.2, -0.15) is 9.41 Å². The van der Waals surface area contributed by atoms with Crippen molar-refractivity contribution in [3.63, 3.8) is 0 Å². The molecule has 0 saturated heterocycles. The topological polar surface area (TPSA) is 78.8 Å². The van der Waals surface area contributed by atoms with E-state index in [4.69, 9.17) is 0 Å². The van der Waals surface area contributed by atoms with Crippen LogP contribution in [0.3, 0.4) is 0 Å². The molecule has 3 rings (SSSR count). The van der Waals surface area contributed by atoms with Crippen LogP contribution in [0.5, 0.6) is 0 Å². The van der Waals surface area contributed by atoms with Crippen LogP contribution in [-0.4, -0.2) is 31.4 Å². The molecule has 1 N–H and O–H groups in total. The summed E-state index contributed by atoms with van der Waals surface area (Å²) in [6, 6.07) is 22.5. The molecule has 0 spiro atoms. The number of nitrogens with one attached hydrogen (secondary N) is 1. The summed E-state index contributed by atoms with van der Waals surface area (Å²) in [6.45, 7) is -0.375. The highest BCUT2D eigenvalue weighted by atomic mass is 32.2. The standard InChI is InChI=1S/C22H20FN3O3S/c23-20-13-11-18(12-14-20)15-24-25-22(27)17-26(16-19-7-3-1-4-8-19)30(28,29)21-9-5-2-6-10-21/h1-15H,16-17H2,(H,25,27)/b24-15+. The third-order valence-electron chi connectivity index (χ3n) is 4.18. The fourth-order valence-corrected chi connectivity index (χ4v) is 4.08. The number of hydrazone groups is 1. The molecule has 1 amide bonds. The quantitative estimate of drug-likeness (QED) is 0.445. The maximum absolute atomic E-state index is 13.1. The van der Waals surface area contributed by atoms with E-state index in [2.05, 4.69) is 10.5 Å². The normalized spacial score (nSPS) is 11.7. The van der Waals surface area contributed by atoms with Gasteiger partial charge in [0.05, 0.1) is 17.7 Å². The highest BCUT2D eigenvalue weighted by molar-refractivity contribution is 7.89. The molecule has 0 aliphatic heterocycles. The number of sulfonamides is 1. The van der Waals surface area contributed by atoms with Gasteiger partial charge in [-0.1, -0.05) is 60.7 Å². The van der Waals surface area contributed by atoms with Gasteiger partial charge in [0.25, 0.3) is 5.91 Å². The van der Waals surface area contributed by atoms with Crippen LogP contribution in [0, 0.1) is 5.82 Å². The zero-order chi connectivity index (χ0) is 21.4. The lowest BCUT2D eigenvalue weighted by Crippen LogP contribution is -2.39. The second kappa shape index (κ2) is 9.91. The van der Waals surface area contributed by atoms with Crippen molar-refractivity contribution in [1.29, 1.82) is 0 Å². The predicted molar refractivity (Wildman–Crippen MR) is 113 cm³/mol. The molecule has 0 radical (unpaired) electrons. The van der Waals surface area contributed by atoms with Crippen LogP contribution in [-0.2, 0) is 21.4 Å². The van der Waals surface area contributed by atoms with E-state index in [1.165, 1.54) is 42.6 Å². The summed E-state index contributed by atoms with van der Waals surface area (Å²) in [5, 5.41) is 3.82. The Bertz CT molecular complexity index is 1100. The third-order valence-corrected chi connectivity index (χ3v) is 5.98. The lowest BCUT2D eigenvalue weighted by atomic mass is 10.2. The Kier molecular flexibility index (Phi) is 7.05. The van der Waals surface area contributed by atoms with Gasteiger partial charge < -0.3 is 0 Å². The third kappa shape index (κ3) is 5.82. The first kappa shape index (κ1) is 21.4. The molecule has 3 aromatic carbocycles. The van der Waals surface area contributed by atoms with Crippen LogP contribution < -0.4 is 5.43 Å². The van der Waals surface area contributed by atoms with Gasteiger partial charge in [0, 0.05) is 6.54 Å². The van der Waals surface area contributed by atoms with Gasteiger partial charge in [0.15, 0.2) is 0 Å². The summed E-state index contributed by atoms with van der Waals surface area (Å²) in [7, 11) is -3.90. The second-order valence-electron chi connectivity index (χ2n) is 6.42. The SMILES string of the molecule is O=C(CN(Cc1ccccc1)S(=O)(=O)c1ccccc1)N/N=C/c1ccc(F)cc1. The van der Waals surface area contributed by atoms with Crippen molar-refractivity contribution in [3.8, 4) is 0 Å². The summed E-state index contributed by atoms with van der Waals surface area (Å²) in [6.07, 6.45) is 1.35. The molecule has 0 bridgehead atoms. The Morgan fingerprint density at radius 1 is 0.933 bits per heavy atom. The van der Waals surface area contributed by atoms with Crippen molar-refractivity contribution in [3.05, 3.63) is 102 Å². The van der Waals surface area contributed by atoms with Crippen LogP contribution >= 0.6 is 0 Å². The molecule has 30 heavy (non-hydrogen) atoms. The summed E-state index contributed by atoms with van der Waals surface area (Å²) in [5.74, 6) is -0.970. The molecule has 6 nitrogen and oxygen atoms in total. The van der Waals surface area contributed by atoms with Gasteiger partial charge in [0.2, 0.25) is 10.0 Å². The summed E-state index contributed by atoms with van der Waals surface area (Å²) in [4.78, 5) is 12.5. The molecule has 0 unspecified atom stereocenters. The van der Waals surface area contributed by atoms with Gasteiger partial charge in [-0.15, -0.1) is 0 Å². The molecule has 0 saturated carbocycles. The molecule has 0 atom stereocenters. The highest BCUT2D eigenvalue weighted by Crippen LogP contribution is 2.18. The number of halogens is 1. The Balaban J connectivity index is 1.74. The van der Waals surface area contributed by atoms with Gasteiger partial charge in [0.1, 0.15) is 5.82 Å². The zero-order valence-electron chi connectivity index (χ0n) is 16.0. The van der Waals surface area contributed by atoms with Gasteiger partial charge >= 0.3 is 0 Å². The molecule has 0 aromatic heterocycles. The van der Waals surface area contributed by atoms with E-state index in [9.17, 15) is 17.6 Å². The first-order valence-corrected chi connectivity index (χ1v) is 10.6. The van der Waals surface area contributed by atoms with Crippen molar-refractivity contribution in [2.45, 2.75) is 11.4 Å². The van der Waals surface area contributed by atoms with Crippen molar-refractivity contribution in [2.24, 2.45) is 5.10 Å². The molecule has 0 aliphatic carbocycles. The number of rotatable bonds is 8. The number of carbonyl (C=O) groups excluding carboxylic acids is 1. The predicted octanol–water partition coefficient (Wildman–Crippen LogP) is 3.17. The Labute approximate surface area is 174 Å². The number of nitrogens with zero attached hydrogens (tertiary/aromatic N) is 2. The summed E-state index contributed by atoms with van der Waals surface area (Å²) >= 11 is 0. The van der Waals surface area contributed by atoms with Gasteiger partial charge in [-0.3, -0.25) is 4.79 Å². The van der Waals surface area contributed by atoms with Crippen molar-refractivity contribution in [2.75, 3.05) is 6.54 Å². The Hall–Kier alpha value is -3.36. The number of hydrogen-bond donors (Lipinski definition) is 1. The average Bonchev–Trinajstić information content (AvgIpc) is 2.76. The Morgan fingerprint density at radius 2 is 1.53 bits per heavy atom. The van der Waals surface area contributed by atoms with E-state index in [1.54, 1.807) is 42.5 Å². The average molecular weight is 425 g/mol. The van der Waals surface area contributed by atoms with Crippen molar-refractivity contribution >= 4 is 22.1 Å². The monoisotopic (exact) mass is 425 g/mol. The number of amides is 1. The number of hydrogen-bond acceptors (Lipinski definition) is 4. The number of carbonyl (C=O) groups is 1. The fourth-order valence-electron chi connectivity index (χ4n) is 2.68. The van der Waals surface area contributed by atoms with Crippen LogP contribution in [0.25, 0.3) is 0 Å². The molecule has 0 aliphatic rings. The van der Waals surface area contributed by atoms with Crippen molar-refractivity contribution in [1.82, 2.24) is 9.73 Å². The molecule has 0 heterocycles. The van der Waals surface area contributed by atoms with E-state index < -0.39 is 22.5 Å². The van der Waals surface area contributed by atoms with E-state index >= 15 is 0 Å². The Morgan fingerprint density at radius 3 is 2.17 bits per heavy atom. The van der Waals surface area contributed by atoms with Crippen LogP contribution in [0.15, 0.2) is 94.9 Å². The fraction of sp³-hybridized carbons (Fsp3) is 0.0909. The van der Waals surface area contributed by atoms with Crippen LogP contribution in [0.4, 0.5) is 4.39 Å². The minimum atomic E-state index is -3.90. The van der Waals surface area contributed by atoms with Crippen molar-refractivity contribution < 1.29 is 17.6 Å². The van der Waals surface area contributed by atoms with E-state index in [0.29, 0.717) is 5.56 Å². The summed E-state index contributed by atoms with van der Waals surface area (Å²) < 4.78 is 40.2. The van der Waals surface area contributed by atoms with E-state index in [0.717, 1.165) is 9.87 Å². The molecular weight excluding hydrogens is 405 g/mol. The molecule has 8 heteroatoms. The summed E-state index contributed by atoms with van der Waals surface area (Å²) in [5.41, 5.74) is 3.66. The van der Waals surface area contributed by atoms with Crippen LogP contribution in [0.1, 0.15) is 11.1 Å². The van der Waals surface area contributed by atoms with Crippen LogP contribution in [0.2, 0.25) is 0 Å². The minimum Gasteiger partial charge on any atom is -0.272 e. The number of benzene rings is 3. The lowest BCUT2D eigenvalue weighted by molar-refractivity contribution is -0.121. The maximum atomic E-state index is 13.1. The minimum absolute atomic E-state index is 0.0349.